The van der Waals surface area contributed by atoms with Crippen LogP contribution in [0.25, 0.3) is 11.4 Å². The first-order valence-electron chi connectivity index (χ1n) is 12.2. The molecule has 1 amide bonds. The molecule has 2 atom stereocenters. The van der Waals surface area contributed by atoms with E-state index < -0.39 is 0 Å². The van der Waals surface area contributed by atoms with E-state index in [0.29, 0.717) is 18.3 Å². The zero-order valence-electron chi connectivity index (χ0n) is 19.5. The number of carbonyl (C=O) groups excluding carboxylic acids is 1. The van der Waals surface area contributed by atoms with Gasteiger partial charge in [-0.15, -0.1) is 0 Å². The third-order valence-electron chi connectivity index (χ3n) is 6.71. The van der Waals surface area contributed by atoms with Crippen molar-refractivity contribution in [2.75, 3.05) is 39.3 Å². The molecule has 1 aromatic heterocycles. The lowest BCUT2D eigenvalue weighted by Crippen LogP contribution is -2.42. The molecule has 2 saturated heterocycles. The molecule has 1 aromatic carbocycles. The van der Waals surface area contributed by atoms with Crippen LogP contribution in [0.4, 0.5) is 0 Å². The minimum absolute atomic E-state index is 0.115. The molecular weight excluding hydrogens is 402 g/mol. The van der Waals surface area contributed by atoms with Gasteiger partial charge in [0.05, 0.1) is 6.54 Å². The molecule has 2 aliphatic heterocycles. The lowest BCUT2D eigenvalue weighted by atomic mass is 9.92. The zero-order valence-corrected chi connectivity index (χ0v) is 19.5. The summed E-state index contributed by atoms with van der Waals surface area (Å²) in [6, 6.07) is 9.87. The maximum Gasteiger partial charge on any atom is 0.241 e. The number of hydrogen-bond donors (Lipinski definition) is 1. The number of aromatic nitrogens is 2. The molecule has 1 N–H and O–H groups in total. The third kappa shape index (κ3) is 6.39. The van der Waals surface area contributed by atoms with Crippen LogP contribution >= 0.6 is 0 Å². The molecule has 174 valence electrons. The molecule has 3 heterocycles. The fourth-order valence-corrected chi connectivity index (χ4v) is 5.20. The molecule has 0 radical (unpaired) electrons. The summed E-state index contributed by atoms with van der Waals surface area (Å²) in [4.78, 5) is 22.0. The van der Waals surface area contributed by atoms with E-state index in [0.717, 1.165) is 62.8 Å². The van der Waals surface area contributed by atoms with Crippen LogP contribution in [0, 0.1) is 17.8 Å². The highest BCUT2D eigenvalue weighted by atomic mass is 16.5. The molecular formula is C25H37N5O2. The number of hydrogen-bond acceptors (Lipinski definition) is 6. The van der Waals surface area contributed by atoms with E-state index >= 15 is 0 Å². The van der Waals surface area contributed by atoms with Crippen molar-refractivity contribution in [3.8, 4) is 11.4 Å². The molecule has 7 nitrogen and oxygen atoms in total. The standard InChI is InChI=1S/C25H37N5O2/c1-19-15-20(2)17-30(16-19)12-6-11-26-25(31)22-9-13-29(14-10-22)18-23-27-24(28-32-23)21-7-4-3-5-8-21/h3-5,7-8,19-20,22H,6,9-18H2,1-2H3,(H,26,31). The minimum Gasteiger partial charge on any atom is -0.356 e. The number of benzene rings is 1. The second-order valence-corrected chi connectivity index (χ2v) is 9.78. The summed E-state index contributed by atoms with van der Waals surface area (Å²) >= 11 is 0. The van der Waals surface area contributed by atoms with Gasteiger partial charge in [0, 0.05) is 31.1 Å². The van der Waals surface area contributed by atoms with Crippen molar-refractivity contribution in [2.45, 2.75) is 46.1 Å². The normalized spacial score (nSPS) is 23.3. The van der Waals surface area contributed by atoms with E-state index in [1.54, 1.807) is 0 Å². The Balaban J connectivity index is 1.13. The number of nitrogens with one attached hydrogen (secondary N) is 1. The quantitative estimate of drug-likeness (QED) is 0.635. The highest BCUT2D eigenvalue weighted by Crippen LogP contribution is 2.22. The van der Waals surface area contributed by atoms with Crippen LogP contribution in [0.3, 0.4) is 0 Å². The van der Waals surface area contributed by atoms with Gasteiger partial charge in [0.1, 0.15) is 0 Å². The molecule has 2 aliphatic rings. The smallest absolute Gasteiger partial charge is 0.241 e. The summed E-state index contributed by atoms with van der Waals surface area (Å²) in [5.74, 6) is 3.17. The highest BCUT2D eigenvalue weighted by Gasteiger charge is 2.26. The van der Waals surface area contributed by atoms with Gasteiger partial charge in [0.2, 0.25) is 17.6 Å². The minimum atomic E-state index is 0.115. The summed E-state index contributed by atoms with van der Waals surface area (Å²) in [6.07, 6.45) is 4.14. The van der Waals surface area contributed by atoms with Crippen LogP contribution in [-0.4, -0.2) is 65.1 Å². The molecule has 2 fully saturated rings. The van der Waals surface area contributed by atoms with Crippen LogP contribution < -0.4 is 5.32 Å². The molecule has 7 heteroatoms. The number of carbonyl (C=O) groups is 1. The molecule has 2 aromatic rings. The summed E-state index contributed by atoms with van der Waals surface area (Å²) in [5, 5.41) is 7.27. The van der Waals surface area contributed by atoms with Crippen LogP contribution in [0.2, 0.25) is 0 Å². The Morgan fingerprint density at radius 2 is 1.81 bits per heavy atom. The Kier molecular flexibility index (Phi) is 7.92. The van der Waals surface area contributed by atoms with Gasteiger partial charge in [-0.3, -0.25) is 9.69 Å². The lowest BCUT2D eigenvalue weighted by molar-refractivity contribution is -0.126. The number of rotatable bonds is 8. The van der Waals surface area contributed by atoms with E-state index in [1.165, 1.54) is 19.5 Å². The van der Waals surface area contributed by atoms with E-state index in [2.05, 4.69) is 39.1 Å². The molecule has 0 aliphatic carbocycles. The zero-order chi connectivity index (χ0) is 22.3. The number of likely N-dealkylation sites (tertiary alicyclic amines) is 2. The van der Waals surface area contributed by atoms with Gasteiger partial charge in [-0.05, 0) is 57.2 Å². The van der Waals surface area contributed by atoms with Gasteiger partial charge in [-0.25, -0.2) is 0 Å². The van der Waals surface area contributed by atoms with E-state index in [-0.39, 0.29) is 11.8 Å². The molecule has 4 rings (SSSR count). The van der Waals surface area contributed by atoms with Crippen LogP contribution in [-0.2, 0) is 11.3 Å². The van der Waals surface area contributed by atoms with Gasteiger partial charge in [0.15, 0.2) is 0 Å². The monoisotopic (exact) mass is 439 g/mol. The fourth-order valence-electron chi connectivity index (χ4n) is 5.20. The van der Waals surface area contributed by atoms with Crippen LogP contribution in [0.15, 0.2) is 34.9 Å². The molecule has 32 heavy (non-hydrogen) atoms. The lowest BCUT2D eigenvalue weighted by Gasteiger charge is -2.35. The summed E-state index contributed by atoms with van der Waals surface area (Å²) in [5.41, 5.74) is 0.960. The fraction of sp³-hybridized carbons (Fsp3) is 0.640. The SMILES string of the molecule is CC1CC(C)CN(CCCNC(=O)C2CCN(Cc3nc(-c4ccccc4)no3)CC2)C1. The Morgan fingerprint density at radius 1 is 1.09 bits per heavy atom. The third-order valence-corrected chi connectivity index (χ3v) is 6.71. The van der Waals surface area contributed by atoms with Crippen LogP contribution in [0.5, 0.6) is 0 Å². The molecule has 0 spiro atoms. The predicted molar refractivity (Wildman–Crippen MR) is 125 cm³/mol. The highest BCUT2D eigenvalue weighted by molar-refractivity contribution is 5.78. The van der Waals surface area contributed by atoms with Crippen molar-refractivity contribution < 1.29 is 9.32 Å². The van der Waals surface area contributed by atoms with Gasteiger partial charge in [-0.2, -0.15) is 4.98 Å². The topological polar surface area (TPSA) is 74.5 Å². The van der Waals surface area contributed by atoms with Gasteiger partial charge >= 0.3 is 0 Å². The van der Waals surface area contributed by atoms with Crippen molar-refractivity contribution in [3.63, 3.8) is 0 Å². The Bertz CT molecular complexity index is 837. The molecule has 2 unspecified atom stereocenters. The van der Waals surface area contributed by atoms with E-state index in [4.69, 9.17) is 4.52 Å². The largest absolute Gasteiger partial charge is 0.356 e. The van der Waals surface area contributed by atoms with Crippen molar-refractivity contribution >= 4 is 5.91 Å². The van der Waals surface area contributed by atoms with Crippen molar-refractivity contribution in [1.82, 2.24) is 25.3 Å². The average molecular weight is 440 g/mol. The van der Waals surface area contributed by atoms with Crippen LogP contribution in [0.1, 0.15) is 45.4 Å². The second kappa shape index (κ2) is 11.1. The summed E-state index contributed by atoms with van der Waals surface area (Å²) < 4.78 is 5.44. The Morgan fingerprint density at radius 3 is 2.53 bits per heavy atom. The Labute approximate surface area is 191 Å². The van der Waals surface area contributed by atoms with Crippen molar-refractivity contribution in [3.05, 3.63) is 36.2 Å². The van der Waals surface area contributed by atoms with Gasteiger partial charge in [0.25, 0.3) is 0 Å². The number of nitrogens with zero attached hydrogens (tertiary/aromatic N) is 4. The summed E-state index contributed by atoms with van der Waals surface area (Å²) in [7, 11) is 0. The molecule has 0 saturated carbocycles. The average Bonchev–Trinajstić information content (AvgIpc) is 3.25. The number of amides is 1. The maximum absolute atomic E-state index is 12.6. The predicted octanol–water partition coefficient (Wildman–Crippen LogP) is 3.43. The van der Waals surface area contributed by atoms with E-state index in [9.17, 15) is 4.79 Å². The maximum atomic E-state index is 12.6. The first-order valence-corrected chi connectivity index (χ1v) is 12.2. The first-order chi connectivity index (χ1) is 15.6. The Hall–Kier alpha value is -2.25. The molecule has 0 bridgehead atoms. The van der Waals surface area contributed by atoms with Gasteiger partial charge < -0.3 is 14.7 Å². The summed E-state index contributed by atoms with van der Waals surface area (Å²) in [6.45, 7) is 11.4. The van der Waals surface area contributed by atoms with Crippen molar-refractivity contribution in [2.24, 2.45) is 17.8 Å². The second-order valence-electron chi connectivity index (χ2n) is 9.78. The number of piperidine rings is 2. The van der Waals surface area contributed by atoms with Crippen molar-refractivity contribution in [1.29, 1.82) is 0 Å². The van der Waals surface area contributed by atoms with E-state index in [1.807, 2.05) is 30.3 Å². The first kappa shape index (κ1) is 22.9. The van der Waals surface area contributed by atoms with Gasteiger partial charge in [-0.1, -0.05) is 49.3 Å².